The Labute approximate surface area is 217 Å². The molecule has 8 atom stereocenters. The van der Waals surface area contributed by atoms with Crippen molar-refractivity contribution >= 4 is 5.91 Å². The molecule has 1 saturated heterocycles. The summed E-state index contributed by atoms with van der Waals surface area (Å²) >= 11 is 0. The summed E-state index contributed by atoms with van der Waals surface area (Å²) in [5.41, 5.74) is 0. The lowest BCUT2D eigenvalue weighted by Gasteiger charge is -2.40. The summed E-state index contributed by atoms with van der Waals surface area (Å²) < 4.78 is 5.51. The fourth-order valence-corrected chi connectivity index (χ4v) is 4.98. The Balaban J connectivity index is 2.34. The van der Waals surface area contributed by atoms with Crippen LogP contribution >= 0.6 is 0 Å². The van der Waals surface area contributed by atoms with Crippen LogP contribution in [0.1, 0.15) is 110 Å². The minimum Gasteiger partial charge on any atom is -0.394 e. The second kappa shape index (κ2) is 19.3. The number of aliphatic hydroxyl groups is 6. The molecule has 0 aromatic rings. The van der Waals surface area contributed by atoms with Crippen LogP contribution < -0.4 is 5.32 Å². The number of hydrogen-bond donors (Lipinski definition) is 7. The zero-order valence-corrected chi connectivity index (χ0v) is 22.4. The van der Waals surface area contributed by atoms with Gasteiger partial charge >= 0.3 is 0 Å². The molecular formula is C27H53NO8. The van der Waals surface area contributed by atoms with Gasteiger partial charge in [-0.3, -0.25) is 4.79 Å². The molecular weight excluding hydrogens is 466 g/mol. The van der Waals surface area contributed by atoms with Gasteiger partial charge in [0.15, 0.2) is 0 Å². The topological polar surface area (TPSA) is 160 Å². The van der Waals surface area contributed by atoms with E-state index in [4.69, 9.17) is 4.74 Å². The molecule has 1 aliphatic heterocycles. The van der Waals surface area contributed by atoms with E-state index in [0.29, 0.717) is 6.42 Å². The van der Waals surface area contributed by atoms with Crippen LogP contribution in [0.2, 0.25) is 0 Å². The normalized spacial score (nSPS) is 26.9. The van der Waals surface area contributed by atoms with Gasteiger partial charge in [0.1, 0.15) is 24.4 Å². The van der Waals surface area contributed by atoms with Gasteiger partial charge in [0.25, 0.3) is 0 Å². The molecule has 0 aromatic carbocycles. The molecule has 1 amide bonds. The Bertz CT molecular complexity index is 564. The number of rotatable bonds is 20. The largest absolute Gasteiger partial charge is 0.394 e. The molecule has 1 rings (SSSR count). The lowest BCUT2D eigenvalue weighted by molar-refractivity contribution is -0.231. The van der Waals surface area contributed by atoms with E-state index in [1.807, 2.05) is 0 Å². The van der Waals surface area contributed by atoms with E-state index in [2.05, 4.69) is 12.2 Å². The summed E-state index contributed by atoms with van der Waals surface area (Å²) in [5, 5.41) is 63.3. The Hall–Kier alpha value is -0.810. The molecule has 1 heterocycles. The third-order valence-corrected chi connectivity index (χ3v) is 7.30. The van der Waals surface area contributed by atoms with Crippen molar-refractivity contribution in [2.24, 2.45) is 0 Å². The van der Waals surface area contributed by atoms with Crippen molar-refractivity contribution in [3.8, 4) is 0 Å². The summed E-state index contributed by atoms with van der Waals surface area (Å²) in [6.45, 7) is 3.04. The van der Waals surface area contributed by atoms with Gasteiger partial charge in [0.2, 0.25) is 5.91 Å². The maximum Gasteiger partial charge on any atom is 0.217 e. The maximum atomic E-state index is 11.7. The van der Waals surface area contributed by atoms with E-state index in [9.17, 15) is 35.4 Å². The summed E-state index contributed by atoms with van der Waals surface area (Å²) in [4.78, 5) is 11.7. The fraction of sp³-hybridized carbons (Fsp3) is 0.963. The molecule has 1 fully saturated rings. The molecule has 0 saturated carbocycles. The Morgan fingerprint density at radius 1 is 0.778 bits per heavy atom. The molecule has 0 aromatic heterocycles. The Morgan fingerprint density at radius 2 is 1.28 bits per heavy atom. The van der Waals surface area contributed by atoms with E-state index in [1.165, 1.54) is 64.7 Å². The molecule has 7 N–H and O–H groups in total. The van der Waals surface area contributed by atoms with Crippen molar-refractivity contribution in [1.82, 2.24) is 5.32 Å². The van der Waals surface area contributed by atoms with Crippen LogP contribution in [-0.4, -0.2) is 91.9 Å². The Kier molecular flexibility index (Phi) is 17.8. The van der Waals surface area contributed by atoms with Crippen molar-refractivity contribution in [2.75, 3.05) is 6.61 Å². The molecule has 36 heavy (non-hydrogen) atoms. The minimum atomic E-state index is -1.47. The summed E-state index contributed by atoms with van der Waals surface area (Å²) in [6.07, 6.45) is 6.90. The first kappa shape index (κ1) is 33.2. The van der Waals surface area contributed by atoms with E-state index < -0.39 is 55.4 Å². The fourth-order valence-electron chi connectivity index (χ4n) is 4.98. The smallest absolute Gasteiger partial charge is 0.217 e. The molecule has 0 radical (unpaired) electrons. The van der Waals surface area contributed by atoms with Crippen LogP contribution in [0.15, 0.2) is 0 Å². The van der Waals surface area contributed by atoms with Crippen molar-refractivity contribution in [3.63, 3.8) is 0 Å². The number of hydrogen-bond acceptors (Lipinski definition) is 8. The van der Waals surface area contributed by atoms with Gasteiger partial charge in [0.05, 0.1) is 31.0 Å². The van der Waals surface area contributed by atoms with Crippen molar-refractivity contribution in [1.29, 1.82) is 0 Å². The van der Waals surface area contributed by atoms with Gasteiger partial charge in [-0.05, 0) is 19.3 Å². The van der Waals surface area contributed by atoms with E-state index in [-0.39, 0.29) is 18.7 Å². The molecule has 9 heteroatoms. The maximum absolute atomic E-state index is 11.7. The molecule has 9 nitrogen and oxygen atoms in total. The van der Waals surface area contributed by atoms with Gasteiger partial charge < -0.3 is 40.7 Å². The van der Waals surface area contributed by atoms with Crippen LogP contribution in [0, 0.1) is 0 Å². The number of unbranched alkanes of at least 4 members (excludes halogenated alkanes) is 11. The Morgan fingerprint density at radius 3 is 1.78 bits per heavy atom. The standard InChI is InChI=1S/C27H53NO8/c1-3-4-5-6-7-8-9-10-11-12-13-14-15-21(31)24(32)20(28-19(2)30)16-17-22-25(33)27(35)26(34)23(18-29)36-22/h20-27,29,31-35H,3-18H2,1-2H3,(H,28,30)/t20-,21+,22-,23?,24-,25?,26-,27+/m0/s1. The second-order valence-corrected chi connectivity index (χ2v) is 10.5. The van der Waals surface area contributed by atoms with Crippen molar-refractivity contribution < 1.29 is 40.2 Å². The highest BCUT2D eigenvalue weighted by molar-refractivity contribution is 5.73. The summed E-state index contributed by atoms with van der Waals surface area (Å²) in [5.74, 6) is -0.356. The third-order valence-electron chi connectivity index (χ3n) is 7.30. The number of nitrogens with one attached hydrogen (secondary N) is 1. The highest BCUT2D eigenvalue weighted by atomic mass is 16.5. The van der Waals surface area contributed by atoms with E-state index in [1.54, 1.807) is 0 Å². The average molecular weight is 520 g/mol. The average Bonchev–Trinajstić information content (AvgIpc) is 2.86. The van der Waals surface area contributed by atoms with Crippen LogP contribution in [0.4, 0.5) is 0 Å². The number of amides is 1. The zero-order valence-electron chi connectivity index (χ0n) is 22.4. The third kappa shape index (κ3) is 12.6. The predicted octanol–water partition coefficient (Wildman–Crippen LogP) is 1.93. The summed E-state index contributed by atoms with van der Waals surface area (Å²) in [6, 6.07) is -0.762. The zero-order chi connectivity index (χ0) is 26.9. The predicted molar refractivity (Wildman–Crippen MR) is 138 cm³/mol. The highest BCUT2D eigenvalue weighted by Gasteiger charge is 2.43. The van der Waals surface area contributed by atoms with Crippen LogP contribution in [-0.2, 0) is 9.53 Å². The van der Waals surface area contributed by atoms with Crippen LogP contribution in [0.5, 0.6) is 0 Å². The number of aliphatic hydroxyl groups excluding tert-OH is 6. The molecule has 214 valence electrons. The van der Waals surface area contributed by atoms with Crippen molar-refractivity contribution in [3.05, 3.63) is 0 Å². The summed E-state index contributed by atoms with van der Waals surface area (Å²) in [7, 11) is 0. The molecule has 0 aliphatic carbocycles. The van der Waals surface area contributed by atoms with Gasteiger partial charge in [-0.1, -0.05) is 84.0 Å². The van der Waals surface area contributed by atoms with Crippen LogP contribution in [0.25, 0.3) is 0 Å². The molecule has 1 aliphatic rings. The first-order valence-electron chi connectivity index (χ1n) is 14.2. The van der Waals surface area contributed by atoms with E-state index >= 15 is 0 Å². The lowest BCUT2D eigenvalue weighted by Crippen LogP contribution is -2.58. The highest BCUT2D eigenvalue weighted by Crippen LogP contribution is 2.25. The quantitative estimate of drug-likeness (QED) is 0.120. The number of carbonyl (C=O) groups excluding carboxylic acids is 1. The number of ether oxygens (including phenoxy) is 1. The number of carbonyl (C=O) groups is 1. The molecule has 0 spiro atoms. The first-order chi connectivity index (χ1) is 17.2. The molecule has 2 unspecified atom stereocenters. The van der Waals surface area contributed by atoms with Gasteiger partial charge in [-0.2, -0.15) is 0 Å². The van der Waals surface area contributed by atoms with Gasteiger partial charge in [-0.15, -0.1) is 0 Å². The van der Waals surface area contributed by atoms with Gasteiger partial charge in [0, 0.05) is 6.92 Å². The second-order valence-electron chi connectivity index (χ2n) is 10.5. The van der Waals surface area contributed by atoms with Crippen molar-refractivity contribution in [2.45, 2.75) is 159 Å². The SMILES string of the molecule is CCCCCCCCCCCCCC[C@@H](O)[C@@H](O)[C@H](CC[C@@H]1OC(CO)[C@H](O)[C@H](O)C1O)NC(C)=O. The molecule has 0 bridgehead atoms. The van der Waals surface area contributed by atoms with Crippen LogP contribution in [0.3, 0.4) is 0 Å². The van der Waals surface area contributed by atoms with E-state index in [0.717, 1.165) is 19.3 Å². The first-order valence-corrected chi connectivity index (χ1v) is 14.2. The van der Waals surface area contributed by atoms with Gasteiger partial charge in [-0.25, -0.2) is 0 Å². The lowest BCUT2D eigenvalue weighted by atomic mass is 9.90. The minimum absolute atomic E-state index is 0.148. The monoisotopic (exact) mass is 519 g/mol.